The number of carbonyl (C=O) groups excluding carboxylic acids is 3. The highest BCUT2D eigenvalue weighted by atomic mass is 16.6. The number of ether oxygens (including phenoxy) is 1. The Morgan fingerprint density at radius 1 is 1.29 bits per heavy atom. The first kappa shape index (κ1) is 21.1. The lowest BCUT2D eigenvalue weighted by Gasteiger charge is -2.20. The molecule has 0 radical (unpaired) electrons. The number of nitro benzene ring substituents is 1. The molecule has 2 N–H and O–H groups in total. The van der Waals surface area contributed by atoms with E-state index in [1.807, 2.05) is 11.8 Å². The van der Waals surface area contributed by atoms with Crippen LogP contribution >= 0.6 is 0 Å². The van der Waals surface area contributed by atoms with Crippen molar-refractivity contribution < 1.29 is 24.0 Å². The molecular formula is C18H24N4O6. The van der Waals surface area contributed by atoms with Crippen molar-refractivity contribution in [1.82, 2.24) is 10.6 Å². The number of nitro groups is 1. The van der Waals surface area contributed by atoms with E-state index in [1.165, 1.54) is 12.1 Å². The molecule has 1 aliphatic heterocycles. The van der Waals surface area contributed by atoms with Gasteiger partial charge in [0.1, 0.15) is 0 Å². The van der Waals surface area contributed by atoms with Crippen LogP contribution in [0.3, 0.4) is 0 Å². The van der Waals surface area contributed by atoms with Crippen LogP contribution < -0.4 is 15.5 Å². The van der Waals surface area contributed by atoms with E-state index in [1.54, 1.807) is 6.92 Å². The maximum atomic E-state index is 12.5. The number of hydrogen-bond acceptors (Lipinski definition) is 7. The Labute approximate surface area is 162 Å². The van der Waals surface area contributed by atoms with Crippen molar-refractivity contribution >= 4 is 29.3 Å². The van der Waals surface area contributed by atoms with Gasteiger partial charge < -0.3 is 15.0 Å². The number of hydrogen-bond donors (Lipinski definition) is 2. The zero-order valence-corrected chi connectivity index (χ0v) is 15.9. The van der Waals surface area contributed by atoms with Gasteiger partial charge in [0, 0.05) is 31.3 Å². The highest BCUT2D eigenvalue weighted by Gasteiger charge is 2.24. The molecule has 1 saturated heterocycles. The first-order chi connectivity index (χ1) is 13.3. The summed E-state index contributed by atoms with van der Waals surface area (Å²) in [6.45, 7) is 4.45. The largest absolute Gasteiger partial charge is 0.452 e. The fourth-order valence-electron chi connectivity index (χ4n) is 2.77. The molecule has 0 saturated carbocycles. The zero-order valence-electron chi connectivity index (χ0n) is 15.9. The van der Waals surface area contributed by atoms with E-state index in [4.69, 9.17) is 4.74 Å². The number of carbonyl (C=O) groups is 3. The van der Waals surface area contributed by atoms with E-state index < -0.39 is 29.4 Å². The molecule has 28 heavy (non-hydrogen) atoms. The van der Waals surface area contributed by atoms with Crippen LogP contribution in [0.25, 0.3) is 0 Å². The van der Waals surface area contributed by atoms with Crippen molar-refractivity contribution in [3.63, 3.8) is 0 Å². The minimum Gasteiger partial charge on any atom is -0.452 e. The molecule has 0 aliphatic carbocycles. The molecule has 1 aliphatic rings. The van der Waals surface area contributed by atoms with E-state index in [0.29, 0.717) is 12.1 Å². The van der Waals surface area contributed by atoms with Gasteiger partial charge in [-0.05, 0) is 32.3 Å². The number of amides is 3. The number of nitrogens with zero attached hydrogens (tertiary/aromatic N) is 2. The summed E-state index contributed by atoms with van der Waals surface area (Å²) in [6.07, 6.45) is 2.61. The molecule has 1 atom stereocenters. The summed E-state index contributed by atoms with van der Waals surface area (Å²) >= 11 is 0. The second-order valence-corrected chi connectivity index (χ2v) is 6.56. The summed E-state index contributed by atoms with van der Waals surface area (Å²) in [7, 11) is 0. The lowest BCUT2D eigenvalue weighted by molar-refractivity contribution is -0.384. The standard InChI is InChI=1S/C18H24N4O6/c1-3-12(2)19-18(25)20-16(23)11-28-17(24)14-10-13(22(26)27)6-7-15(14)21-8-4-5-9-21/h6-7,10,12H,3-5,8-9,11H2,1-2H3,(H2,19,20,23,25)/t12-/m1/s1. The predicted molar refractivity (Wildman–Crippen MR) is 101 cm³/mol. The normalized spacial score (nSPS) is 14.3. The van der Waals surface area contributed by atoms with Gasteiger partial charge in [-0.2, -0.15) is 0 Å². The Kier molecular flexibility index (Phi) is 7.30. The summed E-state index contributed by atoms with van der Waals surface area (Å²) in [5.41, 5.74) is 0.309. The lowest BCUT2D eigenvalue weighted by Crippen LogP contribution is -2.44. The fourth-order valence-corrected chi connectivity index (χ4v) is 2.77. The van der Waals surface area contributed by atoms with Crippen molar-refractivity contribution in [3.05, 3.63) is 33.9 Å². The molecule has 1 aromatic carbocycles. The van der Waals surface area contributed by atoms with Crippen molar-refractivity contribution in [2.75, 3.05) is 24.6 Å². The quantitative estimate of drug-likeness (QED) is 0.412. The van der Waals surface area contributed by atoms with Crippen LogP contribution in [0, 0.1) is 10.1 Å². The maximum Gasteiger partial charge on any atom is 0.341 e. The Morgan fingerprint density at radius 2 is 1.96 bits per heavy atom. The highest BCUT2D eigenvalue weighted by molar-refractivity contribution is 5.99. The van der Waals surface area contributed by atoms with Crippen LogP contribution in [0.4, 0.5) is 16.2 Å². The lowest BCUT2D eigenvalue weighted by atomic mass is 10.1. The Balaban J connectivity index is 2.04. The van der Waals surface area contributed by atoms with Crippen molar-refractivity contribution in [1.29, 1.82) is 0 Å². The topological polar surface area (TPSA) is 131 Å². The average molecular weight is 392 g/mol. The number of rotatable bonds is 7. The monoisotopic (exact) mass is 392 g/mol. The molecule has 0 unspecified atom stereocenters. The van der Waals surface area contributed by atoms with Crippen molar-refractivity contribution in [3.8, 4) is 0 Å². The second-order valence-electron chi connectivity index (χ2n) is 6.56. The van der Waals surface area contributed by atoms with E-state index in [0.717, 1.165) is 32.0 Å². The highest BCUT2D eigenvalue weighted by Crippen LogP contribution is 2.28. The molecule has 2 rings (SSSR count). The SMILES string of the molecule is CC[C@@H](C)NC(=O)NC(=O)COC(=O)c1cc([N+](=O)[O-])ccc1N1CCCC1. The van der Waals surface area contributed by atoms with E-state index in [-0.39, 0.29) is 17.3 Å². The van der Waals surface area contributed by atoms with Crippen molar-refractivity contribution in [2.45, 2.75) is 39.2 Å². The molecule has 1 aromatic rings. The Hall–Kier alpha value is -3.17. The van der Waals surface area contributed by atoms with Gasteiger partial charge in [-0.3, -0.25) is 20.2 Å². The first-order valence-electron chi connectivity index (χ1n) is 9.12. The number of imide groups is 1. The average Bonchev–Trinajstić information content (AvgIpc) is 3.19. The van der Waals surface area contributed by atoms with Gasteiger partial charge >= 0.3 is 12.0 Å². The van der Waals surface area contributed by atoms with Crippen LogP contribution in [-0.4, -0.2) is 48.6 Å². The van der Waals surface area contributed by atoms with Crippen LogP contribution in [-0.2, 0) is 9.53 Å². The Morgan fingerprint density at radius 3 is 2.57 bits per heavy atom. The van der Waals surface area contributed by atoms with E-state index >= 15 is 0 Å². The minimum atomic E-state index is -0.858. The van der Waals surface area contributed by atoms with Gasteiger partial charge in [0.05, 0.1) is 16.2 Å². The van der Waals surface area contributed by atoms with Crippen LogP contribution in [0.1, 0.15) is 43.5 Å². The number of nitrogens with one attached hydrogen (secondary N) is 2. The van der Waals surface area contributed by atoms with Gasteiger partial charge in [0.15, 0.2) is 6.61 Å². The molecule has 1 heterocycles. The smallest absolute Gasteiger partial charge is 0.341 e. The summed E-state index contributed by atoms with van der Waals surface area (Å²) in [6, 6.07) is 3.20. The maximum absolute atomic E-state index is 12.5. The molecule has 1 fully saturated rings. The summed E-state index contributed by atoms with van der Waals surface area (Å²) < 4.78 is 4.98. The second kappa shape index (κ2) is 9.67. The van der Waals surface area contributed by atoms with Gasteiger partial charge in [-0.1, -0.05) is 6.92 Å². The van der Waals surface area contributed by atoms with E-state index in [2.05, 4.69) is 10.6 Å². The van der Waals surface area contributed by atoms with E-state index in [9.17, 15) is 24.5 Å². The molecular weight excluding hydrogens is 368 g/mol. The molecule has 3 amide bonds. The number of anilines is 1. The molecule has 0 bridgehead atoms. The first-order valence-corrected chi connectivity index (χ1v) is 9.12. The Bertz CT molecular complexity index is 760. The predicted octanol–water partition coefficient (Wildman–Crippen LogP) is 1.98. The van der Waals surface area contributed by atoms with Crippen molar-refractivity contribution in [2.24, 2.45) is 0 Å². The van der Waals surface area contributed by atoms with Gasteiger partial charge in [0.25, 0.3) is 11.6 Å². The fraction of sp³-hybridized carbons (Fsp3) is 0.500. The number of non-ortho nitro benzene ring substituents is 1. The van der Waals surface area contributed by atoms with Gasteiger partial charge in [0.2, 0.25) is 0 Å². The summed E-state index contributed by atoms with van der Waals surface area (Å²) in [5.74, 6) is -1.65. The molecule has 152 valence electrons. The molecule has 10 nitrogen and oxygen atoms in total. The van der Waals surface area contributed by atoms with Crippen LogP contribution in [0.15, 0.2) is 18.2 Å². The number of urea groups is 1. The number of benzene rings is 1. The third-order valence-electron chi connectivity index (χ3n) is 4.43. The van der Waals surface area contributed by atoms with Gasteiger partial charge in [-0.25, -0.2) is 9.59 Å². The van der Waals surface area contributed by atoms with Crippen LogP contribution in [0.5, 0.6) is 0 Å². The molecule has 0 aromatic heterocycles. The minimum absolute atomic E-state index is 0.0213. The molecule has 10 heteroatoms. The molecule has 0 spiro atoms. The summed E-state index contributed by atoms with van der Waals surface area (Å²) in [5, 5.41) is 15.7. The van der Waals surface area contributed by atoms with Crippen LogP contribution in [0.2, 0.25) is 0 Å². The number of esters is 1. The van der Waals surface area contributed by atoms with Gasteiger partial charge in [-0.15, -0.1) is 0 Å². The third-order valence-corrected chi connectivity index (χ3v) is 4.43. The summed E-state index contributed by atoms with van der Waals surface area (Å²) in [4.78, 5) is 48.3. The third kappa shape index (κ3) is 5.66. The zero-order chi connectivity index (χ0) is 20.7.